The molecule has 2 atom stereocenters. The summed E-state index contributed by atoms with van der Waals surface area (Å²) in [6, 6.07) is 0.480. The van der Waals surface area contributed by atoms with E-state index in [0.29, 0.717) is 6.04 Å². The van der Waals surface area contributed by atoms with Crippen LogP contribution in [0.1, 0.15) is 19.3 Å². The topological polar surface area (TPSA) is 55.6 Å². The predicted molar refractivity (Wildman–Crippen MR) is 52.7 cm³/mol. The molecule has 1 aliphatic carbocycles. The minimum Gasteiger partial charge on any atom is -0.381 e. The van der Waals surface area contributed by atoms with Crippen molar-refractivity contribution in [3.8, 4) is 0 Å². The summed E-state index contributed by atoms with van der Waals surface area (Å²) in [6.45, 7) is 1.55. The molecular formula is C10H18N2O2. The summed E-state index contributed by atoms with van der Waals surface area (Å²) in [7, 11) is 1.89. The molecule has 0 aromatic carbocycles. The summed E-state index contributed by atoms with van der Waals surface area (Å²) >= 11 is 0. The van der Waals surface area contributed by atoms with Gasteiger partial charge in [0.15, 0.2) is 0 Å². The molecule has 1 heterocycles. The minimum atomic E-state index is 0.0999. The number of nitrogens with zero attached hydrogens (tertiary/aromatic N) is 1. The first-order valence-electron chi connectivity index (χ1n) is 5.30. The number of ether oxygens (including phenoxy) is 1. The molecule has 1 aliphatic heterocycles. The molecule has 1 amide bonds. The third kappa shape index (κ3) is 1.91. The highest BCUT2D eigenvalue weighted by Gasteiger charge is 2.42. The fourth-order valence-electron chi connectivity index (χ4n) is 2.01. The van der Waals surface area contributed by atoms with Crippen LogP contribution in [-0.4, -0.2) is 43.2 Å². The van der Waals surface area contributed by atoms with Crippen LogP contribution in [0.15, 0.2) is 0 Å². The van der Waals surface area contributed by atoms with Crippen molar-refractivity contribution in [1.29, 1.82) is 0 Å². The molecule has 2 fully saturated rings. The van der Waals surface area contributed by atoms with E-state index >= 15 is 0 Å². The number of hydrogen-bond acceptors (Lipinski definition) is 3. The van der Waals surface area contributed by atoms with Gasteiger partial charge in [0.25, 0.3) is 0 Å². The Morgan fingerprint density at radius 1 is 1.43 bits per heavy atom. The highest BCUT2D eigenvalue weighted by atomic mass is 16.5. The lowest BCUT2D eigenvalue weighted by Gasteiger charge is -2.31. The Morgan fingerprint density at radius 3 is 2.50 bits per heavy atom. The number of hydrogen-bond donors (Lipinski definition) is 1. The second kappa shape index (κ2) is 3.87. The van der Waals surface area contributed by atoms with Gasteiger partial charge in [0.1, 0.15) is 0 Å². The van der Waals surface area contributed by atoms with Crippen molar-refractivity contribution >= 4 is 5.91 Å². The zero-order chi connectivity index (χ0) is 10.1. The van der Waals surface area contributed by atoms with Crippen molar-refractivity contribution in [2.24, 2.45) is 11.7 Å². The van der Waals surface area contributed by atoms with Crippen molar-refractivity contribution in [1.82, 2.24) is 4.90 Å². The number of nitrogens with two attached hydrogens (primary N) is 1. The third-order valence-corrected chi connectivity index (χ3v) is 3.24. The van der Waals surface area contributed by atoms with E-state index in [1.807, 2.05) is 11.9 Å². The Labute approximate surface area is 84.4 Å². The van der Waals surface area contributed by atoms with Crippen LogP contribution in [0.5, 0.6) is 0 Å². The molecule has 0 aromatic heterocycles. The van der Waals surface area contributed by atoms with Gasteiger partial charge in [-0.15, -0.1) is 0 Å². The van der Waals surface area contributed by atoms with Crippen molar-refractivity contribution < 1.29 is 9.53 Å². The molecule has 2 unspecified atom stereocenters. The first kappa shape index (κ1) is 9.93. The maximum absolute atomic E-state index is 11.8. The van der Waals surface area contributed by atoms with Crippen LogP contribution in [0.3, 0.4) is 0 Å². The number of amides is 1. The lowest BCUT2D eigenvalue weighted by molar-refractivity contribution is -0.135. The molecule has 1 saturated carbocycles. The van der Waals surface area contributed by atoms with Crippen LogP contribution in [0, 0.1) is 5.92 Å². The molecule has 2 rings (SSSR count). The number of rotatable bonds is 2. The van der Waals surface area contributed by atoms with E-state index in [0.717, 1.165) is 32.5 Å². The Balaban J connectivity index is 1.86. The van der Waals surface area contributed by atoms with Crippen LogP contribution in [0.4, 0.5) is 0 Å². The highest BCUT2D eigenvalue weighted by molar-refractivity contribution is 5.82. The first-order chi connectivity index (χ1) is 6.70. The lowest BCUT2D eigenvalue weighted by atomic mass is 10.1. The van der Waals surface area contributed by atoms with Crippen molar-refractivity contribution in [2.75, 3.05) is 20.3 Å². The molecule has 80 valence electrons. The molecule has 1 saturated heterocycles. The van der Waals surface area contributed by atoms with Crippen molar-refractivity contribution in [3.63, 3.8) is 0 Å². The molecule has 2 aliphatic rings. The standard InChI is InChI=1S/C10H18N2O2/c1-12(7-2-4-14-5-3-7)10(13)8-6-9(8)11/h7-9H,2-6,11H2,1H3. The Hall–Kier alpha value is -0.610. The van der Waals surface area contributed by atoms with Crippen LogP contribution in [0.2, 0.25) is 0 Å². The van der Waals surface area contributed by atoms with Gasteiger partial charge in [-0.25, -0.2) is 0 Å². The van der Waals surface area contributed by atoms with E-state index in [9.17, 15) is 4.79 Å². The SMILES string of the molecule is CN(C(=O)C1CC1N)C1CCOCC1. The van der Waals surface area contributed by atoms with Crippen LogP contribution in [0.25, 0.3) is 0 Å². The maximum atomic E-state index is 11.8. The van der Waals surface area contributed by atoms with Gasteiger partial charge in [0, 0.05) is 32.3 Å². The first-order valence-corrected chi connectivity index (χ1v) is 5.30. The second-order valence-corrected chi connectivity index (χ2v) is 4.30. The molecule has 14 heavy (non-hydrogen) atoms. The number of carbonyl (C=O) groups excluding carboxylic acids is 1. The summed E-state index contributed by atoms with van der Waals surface area (Å²) < 4.78 is 5.26. The quantitative estimate of drug-likeness (QED) is 0.678. The van der Waals surface area contributed by atoms with Gasteiger partial charge >= 0.3 is 0 Å². The monoisotopic (exact) mass is 198 g/mol. The maximum Gasteiger partial charge on any atom is 0.227 e. The van der Waals surface area contributed by atoms with Gasteiger partial charge in [-0.3, -0.25) is 4.79 Å². The predicted octanol–water partition coefficient (Wildman–Crippen LogP) is -0.0290. The van der Waals surface area contributed by atoms with Gasteiger partial charge in [0.05, 0.1) is 5.92 Å². The molecule has 4 nitrogen and oxygen atoms in total. The highest BCUT2D eigenvalue weighted by Crippen LogP contribution is 2.31. The van der Waals surface area contributed by atoms with Crippen molar-refractivity contribution in [3.05, 3.63) is 0 Å². The third-order valence-electron chi connectivity index (χ3n) is 3.24. The molecule has 2 N–H and O–H groups in total. The van der Waals surface area contributed by atoms with Crippen molar-refractivity contribution in [2.45, 2.75) is 31.3 Å². The normalized spacial score (nSPS) is 32.7. The summed E-state index contributed by atoms with van der Waals surface area (Å²) in [5, 5.41) is 0. The van der Waals surface area contributed by atoms with Gasteiger partial charge in [-0.05, 0) is 19.3 Å². The summed E-state index contributed by atoms with van der Waals surface area (Å²) in [6.07, 6.45) is 2.79. The van der Waals surface area contributed by atoms with E-state index in [2.05, 4.69) is 0 Å². The van der Waals surface area contributed by atoms with Crippen LogP contribution in [-0.2, 0) is 9.53 Å². The zero-order valence-electron chi connectivity index (χ0n) is 8.61. The zero-order valence-corrected chi connectivity index (χ0v) is 8.61. The van der Waals surface area contributed by atoms with E-state index in [-0.39, 0.29) is 17.9 Å². The molecule has 0 bridgehead atoms. The second-order valence-electron chi connectivity index (χ2n) is 4.30. The van der Waals surface area contributed by atoms with E-state index in [1.54, 1.807) is 0 Å². The van der Waals surface area contributed by atoms with E-state index in [4.69, 9.17) is 10.5 Å². The average Bonchev–Trinajstić information content (AvgIpc) is 2.95. The molecule has 0 radical (unpaired) electrons. The van der Waals surface area contributed by atoms with E-state index in [1.165, 1.54) is 0 Å². The van der Waals surface area contributed by atoms with Gasteiger partial charge in [-0.1, -0.05) is 0 Å². The summed E-state index contributed by atoms with van der Waals surface area (Å²) in [5.41, 5.74) is 5.66. The van der Waals surface area contributed by atoms with Gasteiger partial charge in [0.2, 0.25) is 5.91 Å². The molecule has 4 heteroatoms. The van der Waals surface area contributed by atoms with Gasteiger partial charge < -0.3 is 15.4 Å². The Kier molecular flexibility index (Phi) is 2.74. The lowest BCUT2D eigenvalue weighted by Crippen LogP contribution is -2.42. The molecular weight excluding hydrogens is 180 g/mol. The summed E-state index contributed by atoms with van der Waals surface area (Å²) in [5.74, 6) is 0.326. The Morgan fingerprint density at radius 2 is 2.00 bits per heavy atom. The minimum absolute atomic E-state index is 0.0999. The average molecular weight is 198 g/mol. The summed E-state index contributed by atoms with van der Waals surface area (Å²) in [4.78, 5) is 13.7. The van der Waals surface area contributed by atoms with Crippen LogP contribution < -0.4 is 5.73 Å². The van der Waals surface area contributed by atoms with Crippen LogP contribution >= 0.6 is 0 Å². The fraction of sp³-hybridized carbons (Fsp3) is 0.900. The smallest absolute Gasteiger partial charge is 0.227 e. The van der Waals surface area contributed by atoms with E-state index < -0.39 is 0 Å². The molecule has 0 aromatic rings. The molecule has 0 spiro atoms. The van der Waals surface area contributed by atoms with Gasteiger partial charge in [-0.2, -0.15) is 0 Å². The largest absolute Gasteiger partial charge is 0.381 e. The number of carbonyl (C=O) groups is 1. The Bertz CT molecular complexity index is 226. The fourth-order valence-corrected chi connectivity index (χ4v) is 2.01.